The molecule has 1 N–H and O–H groups in total. The second-order valence-corrected chi connectivity index (χ2v) is 6.82. The van der Waals surface area contributed by atoms with Gasteiger partial charge in [-0.3, -0.25) is 4.79 Å². The highest BCUT2D eigenvalue weighted by atomic mass is 16.5. The van der Waals surface area contributed by atoms with E-state index in [2.05, 4.69) is 9.97 Å². The summed E-state index contributed by atoms with van der Waals surface area (Å²) < 4.78 is 5.18. The second kappa shape index (κ2) is 7.83. The largest absolute Gasteiger partial charge is 0.497 e. The van der Waals surface area contributed by atoms with Gasteiger partial charge in [-0.2, -0.15) is 0 Å². The number of likely N-dealkylation sites (tertiary alicyclic amines) is 1. The molecule has 1 amide bonds. The normalized spacial score (nSPS) is 19.2. The molecule has 1 aliphatic heterocycles. The van der Waals surface area contributed by atoms with Crippen LogP contribution in [0.3, 0.4) is 0 Å². The summed E-state index contributed by atoms with van der Waals surface area (Å²) in [5, 5.41) is 11.2. The van der Waals surface area contributed by atoms with E-state index >= 15 is 0 Å². The van der Waals surface area contributed by atoms with Crippen molar-refractivity contribution in [2.75, 3.05) is 13.7 Å². The van der Waals surface area contributed by atoms with Crippen LogP contribution in [0.15, 0.2) is 42.9 Å². The summed E-state index contributed by atoms with van der Waals surface area (Å²) in [7, 11) is 1.61. The summed E-state index contributed by atoms with van der Waals surface area (Å²) in [6, 6.07) is 8.98. The van der Waals surface area contributed by atoms with Crippen molar-refractivity contribution in [2.45, 2.75) is 44.2 Å². The molecule has 2 heterocycles. The molecule has 1 aromatic heterocycles. The molecule has 6 heteroatoms. The van der Waals surface area contributed by atoms with Crippen molar-refractivity contribution in [2.24, 2.45) is 0 Å². The SMILES string of the molecule is COc1ccc([C@](C)(O)[C@@H]2CCCN2C(=O)CCc2ccncn2)cc1. The highest BCUT2D eigenvalue weighted by molar-refractivity contribution is 5.77. The molecule has 3 rings (SSSR count). The lowest BCUT2D eigenvalue weighted by atomic mass is 9.86. The maximum atomic E-state index is 12.8. The Balaban J connectivity index is 1.70. The summed E-state index contributed by atoms with van der Waals surface area (Å²) in [6.07, 6.45) is 5.82. The van der Waals surface area contributed by atoms with Crippen LogP contribution in [0.4, 0.5) is 0 Å². The van der Waals surface area contributed by atoms with Gasteiger partial charge in [0.25, 0.3) is 0 Å². The average Bonchev–Trinajstić information content (AvgIpc) is 3.18. The molecule has 1 aliphatic rings. The highest BCUT2D eigenvalue weighted by Gasteiger charge is 2.42. The molecule has 0 aliphatic carbocycles. The summed E-state index contributed by atoms with van der Waals surface area (Å²) in [5.74, 6) is 0.800. The van der Waals surface area contributed by atoms with E-state index in [4.69, 9.17) is 4.74 Å². The minimum absolute atomic E-state index is 0.0555. The van der Waals surface area contributed by atoms with Crippen LogP contribution < -0.4 is 4.74 Å². The van der Waals surface area contributed by atoms with Gasteiger partial charge in [0, 0.05) is 24.9 Å². The first-order valence-electron chi connectivity index (χ1n) is 8.93. The fourth-order valence-electron chi connectivity index (χ4n) is 3.62. The molecule has 0 radical (unpaired) electrons. The minimum Gasteiger partial charge on any atom is -0.497 e. The van der Waals surface area contributed by atoms with Crippen molar-refractivity contribution >= 4 is 5.91 Å². The molecule has 6 nitrogen and oxygen atoms in total. The number of hydrogen-bond donors (Lipinski definition) is 1. The van der Waals surface area contributed by atoms with Crippen LogP contribution in [0.2, 0.25) is 0 Å². The highest BCUT2D eigenvalue weighted by Crippen LogP contribution is 2.35. The van der Waals surface area contributed by atoms with Crippen molar-refractivity contribution in [1.82, 2.24) is 14.9 Å². The first-order valence-corrected chi connectivity index (χ1v) is 8.93. The summed E-state index contributed by atoms with van der Waals surface area (Å²) in [6.45, 7) is 2.47. The number of aliphatic hydroxyl groups is 1. The first kappa shape index (κ1) is 18.3. The Morgan fingerprint density at radius 3 is 2.77 bits per heavy atom. The van der Waals surface area contributed by atoms with Crippen molar-refractivity contribution in [3.63, 3.8) is 0 Å². The number of nitrogens with zero attached hydrogens (tertiary/aromatic N) is 3. The van der Waals surface area contributed by atoms with E-state index in [9.17, 15) is 9.90 Å². The number of aromatic nitrogens is 2. The second-order valence-electron chi connectivity index (χ2n) is 6.82. The molecule has 2 aromatic rings. The van der Waals surface area contributed by atoms with Gasteiger partial charge in [0.05, 0.1) is 13.2 Å². The Morgan fingerprint density at radius 1 is 1.35 bits per heavy atom. The molecule has 2 atom stereocenters. The van der Waals surface area contributed by atoms with Crippen LogP contribution in [0.5, 0.6) is 5.75 Å². The molecule has 0 spiro atoms. The third kappa shape index (κ3) is 3.85. The molecule has 0 unspecified atom stereocenters. The number of ether oxygens (including phenoxy) is 1. The number of hydrogen-bond acceptors (Lipinski definition) is 5. The van der Waals surface area contributed by atoms with Gasteiger partial charge in [-0.25, -0.2) is 9.97 Å². The van der Waals surface area contributed by atoms with Crippen molar-refractivity contribution in [1.29, 1.82) is 0 Å². The third-order valence-electron chi connectivity index (χ3n) is 5.13. The molecular formula is C20H25N3O3. The smallest absolute Gasteiger partial charge is 0.223 e. The van der Waals surface area contributed by atoms with E-state index in [1.165, 1.54) is 6.33 Å². The summed E-state index contributed by atoms with van der Waals surface area (Å²) in [4.78, 5) is 22.6. The number of carbonyl (C=O) groups excluding carboxylic acids is 1. The minimum atomic E-state index is -1.10. The lowest BCUT2D eigenvalue weighted by Gasteiger charge is -2.37. The number of aryl methyl sites for hydroxylation is 1. The fraction of sp³-hybridized carbons (Fsp3) is 0.450. The van der Waals surface area contributed by atoms with E-state index in [0.717, 1.165) is 29.8 Å². The molecule has 26 heavy (non-hydrogen) atoms. The van der Waals surface area contributed by atoms with Crippen LogP contribution in [-0.2, 0) is 16.8 Å². The van der Waals surface area contributed by atoms with E-state index in [1.807, 2.05) is 35.2 Å². The standard InChI is InChI=1S/C20H25N3O3/c1-20(25,15-5-8-17(26-2)9-6-15)18-4-3-13-23(18)19(24)10-7-16-11-12-21-14-22-16/h5-6,8-9,11-12,14,18,25H,3-4,7,10,13H2,1-2H3/t18-,20-/m0/s1. The molecule has 1 saturated heterocycles. The predicted molar refractivity (Wildman–Crippen MR) is 97.7 cm³/mol. The first-order chi connectivity index (χ1) is 12.5. The molecule has 1 aromatic carbocycles. The van der Waals surface area contributed by atoms with E-state index in [0.29, 0.717) is 19.4 Å². The molecule has 138 valence electrons. The maximum absolute atomic E-state index is 12.8. The van der Waals surface area contributed by atoms with Gasteiger partial charge in [-0.05, 0) is 49.9 Å². The zero-order valence-corrected chi connectivity index (χ0v) is 15.3. The van der Waals surface area contributed by atoms with E-state index < -0.39 is 5.60 Å². The van der Waals surface area contributed by atoms with Crippen molar-refractivity contribution < 1.29 is 14.6 Å². The number of carbonyl (C=O) groups is 1. The van der Waals surface area contributed by atoms with Gasteiger partial charge in [-0.1, -0.05) is 12.1 Å². The Kier molecular flexibility index (Phi) is 5.52. The van der Waals surface area contributed by atoms with Gasteiger partial charge in [-0.15, -0.1) is 0 Å². The van der Waals surface area contributed by atoms with Crippen LogP contribution in [0.1, 0.15) is 37.4 Å². The van der Waals surface area contributed by atoms with Crippen LogP contribution >= 0.6 is 0 Å². The van der Waals surface area contributed by atoms with E-state index in [1.54, 1.807) is 20.2 Å². The zero-order chi connectivity index (χ0) is 18.6. The Bertz CT molecular complexity index is 732. The average molecular weight is 355 g/mol. The Labute approximate surface area is 153 Å². The Hall–Kier alpha value is -2.47. The summed E-state index contributed by atoms with van der Waals surface area (Å²) >= 11 is 0. The lowest BCUT2D eigenvalue weighted by Crippen LogP contribution is -2.48. The van der Waals surface area contributed by atoms with Crippen molar-refractivity contribution in [3.8, 4) is 5.75 Å². The maximum Gasteiger partial charge on any atom is 0.223 e. The predicted octanol–water partition coefficient (Wildman–Crippen LogP) is 2.32. The van der Waals surface area contributed by atoms with Gasteiger partial charge < -0.3 is 14.7 Å². The summed E-state index contributed by atoms with van der Waals surface area (Å²) in [5.41, 5.74) is 0.540. The number of rotatable bonds is 6. The van der Waals surface area contributed by atoms with Crippen LogP contribution in [0, 0.1) is 0 Å². The van der Waals surface area contributed by atoms with Gasteiger partial charge >= 0.3 is 0 Å². The molecule has 0 saturated carbocycles. The third-order valence-corrected chi connectivity index (χ3v) is 5.13. The monoisotopic (exact) mass is 355 g/mol. The molecule has 1 fully saturated rings. The van der Waals surface area contributed by atoms with E-state index in [-0.39, 0.29) is 11.9 Å². The van der Waals surface area contributed by atoms with Gasteiger partial charge in [0.15, 0.2) is 0 Å². The number of benzene rings is 1. The molecular weight excluding hydrogens is 330 g/mol. The van der Waals surface area contributed by atoms with Gasteiger partial charge in [0.1, 0.15) is 17.7 Å². The van der Waals surface area contributed by atoms with Crippen LogP contribution in [-0.4, -0.2) is 45.6 Å². The molecule has 0 bridgehead atoms. The topological polar surface area (TPSA) is 75.6 Å². The van der Waals surface area contributed by atoms with Crippen molar-refractivity contribution in [3.05, 3.63) is 54.1 Å². The number of amides is 1. The quantitative estimate of drug-likeness (QED) is 0.861. The van der Waals surface area contributed by atoms with Gasteiger partial charge in [0.2, 0.25) is 5.91 Å². The fourth-order valence-corrected chi connectivity index (χ4v) is 3.62. The van der Waals surface area contributed by atoms with Crippen LogP contribution in [0.25, 0.3) is 0 Å². The zero-order valence-electron chi connectivity index (χ0n) is 15.3. The lowest BCUT2D eigenvalue weighted by molar-refractivity contribution is -0.137. The Morgan fingerprint density at radius 2 is 2.12 bits per heavy atom. The number of methoxy groups -OCH3 is 1.